The van der Waals surface area contributed by atoms with Gasteiger partial charge in [0.25, 0.3) is 0 Å². The van der Waals surface area contributed by atoms with E-state index in [2.05, 4.69) is 22.0 Å². The molecule has 0 aromatic heterocycles. The molecule has 0 unspecified atom stereocenters. The van der Waals surface area contributed by atoms with Crippen molar-refractivity contribution in [2.45, 2.75) is 12.8 Å². The predicted molar refractivity (Wildman–Crippen MR) is 56.6 cm³/mol. The molecule has 1 saturated heterocycles. The lowest BCUT2D eigenvalue weighted by atomic mass is 10.2. The van der Waals surface area contributed by atoms with Crippen LogP contribution in [-0.2, 0) is 0 Å². The Balaban J connectivity index is 2.07. The monoisotopic (exact) mass is 200 g/mol. The van der Waals surface area contributed by atoms with Gasteiger partial charge in [-0.1, -0.05) is 5.16 Å². The highest BCUT2D eigenvalue weighted by Gasteiger charge is 2.12. The fourth-order valence-corrected chi connectivity index (χ4v) is 1.61. The molecule has 1 aliphatic heterocycles. The van der Waals surface area contributed by atoms with Crippen LogP contribution >= 0.6 is 0 Å². The fourth-order valence-electron chi connectivity index (χ4n) is 1.61. The minimum atomic E-state index is 0.333. The number of hydrogen-bond acceptors (Lipinski definition) is 4. The summed E-state index contributed by atoms with van der Waals surface area (Å²) in [4.78, 5) is 4.75. The molecule has 0 amide bonds. The summed E-state index contributed by atoms with van der Waals surface area (Å²) in [6, 6.07) is 0. The van der Waals surface area contributed by atoms with E-state index in [-0.39, 0.29) is 0 Å². The molecule has 3 N–H and O–H groups in total. The van der Waals surface area contributed by atoms with Crippen molar-refractivity contribution in [2.24, 2.45) is 10.9 Å². The van der Waals surface area contributed by atoms with Crippen LogP contribution < -0.4 is 5.73 Å². The molecule has 1 aliphatic rings. The lowest BCUT2D eigenvalue weighted by molar-refractivity contribution is 0.153. The first kappa shape index (κ1) is 11.3. The number of amidine groups is 1. The molecule has 0 atom stereocenters. The normalized spacial score (nSPS) is 21.4. The molecule has 0 radical (unpaired) electrons. The number of piperazine rings is 1. The molecular formula is C9H20N4O. The Morgan fingerprint density at radius 3 is 2.57 bits per heavy atom. The zero-order chi connectivity index (χ0) is 10.4. The highest BCUT2D eigenvalue weighted by atomic mass is 16.4. The number of oxime groups is 1. The summed E-state index contributed by atoms with van der Waals surface area (Å²) in [6.07, 6.45) is 1.66. The second kappa shape index (κ2) is 5.82. The summed E-state index contributed by atoms with van der Waals surface area (Å²) in [5, 5.41) is 11.3. The lowest BCUT2D eigenvalue weighted by Gasteiger charge is -2.32. The van der Waals surface area contributed by atoms with E-state index in [1.807, 2.05) is 0 Å². The van der Waals surface area contributed by atoms with E-state index in [4.69, 9.17) is 10.9 Å². The SMILES string of the molecule is CN1CCN(CCC/C(N)=N/O)CC1. The third-order valence-corrected chi connectivity index (χ3v) is 2.63. The Morgan fingerprint density at radius 1 is 1.36 bits per heavy atom. The summed E-state index contributed by atoms with van der Waals surface area (Å²) >= 11 is 0. The third kappa shape index (κ3) is 3.93. The largest absolute Gasteiger partial charge is 0.409 e. The molecule has 0 saturated carbocycles. The molecule has 1 heterocycles. The first-order chi connectivity index (χ1) is 6.72. The zero-order valence-corrected chi connectivity index (χ0v) is 8.82. The first-order valence-corrected chi connectivity index (χ1v) is 5.09. The van der Waals surface area contributed by atoms with E-state index in [0.717, 1.165) is 39.1 Å². The minimum absolute atomic E-state index is 0.333. The molecule has 5 nitrogen and oxygen atoms in total. The molecule has 5 heteroatoms. The topological polar surface area (TPSA) is 65.1 Å². The van der Waals surface area contributed by atoms with Gasteiger partial charge in [-0.3, -0.25) is 0 Å². The zero-order valence-electron chi connectivity index (χ0n) is 8.82. The van der Waals surface area contributed by atoms with Crippen molar-refractivity contribution < 1.29 is 5.21 Å². The van der Waals surface area contributed by atoms with E-state index in [9.17, 15) is 0 Å². The molecule has 1 fully saturated rings. The highest BCUT2D eigenvalue weighted by Crippen LogP contribution is 2.01. The van der Waals surface area contributed by atoms with Gasteiger partial charge in [0.15, 0.2) is 0 Å². The van der Waals surface area contributed by atoms with Crippen LogP contribution in [0.1, 0.15) is 12.8 Å². The number of nitrogens with two attached hydrogens (primary N) is 1. The number of hydrogen-bond donors (Lipinski definition) is 2. The van der Waals surface area contributed by atoms with Crippen molar-refractivity contribution in [3.63, 3.8) is 0 Å². The van der Waals surface area contributed by atoms with Crippen molar-refractivity contribution in [3.05, 3.63) is 0 Å². The van der Waals surface area contributed by atoms with Gasteiger partial charge in [-0.05, 0) is 20.0 Å². The van der Waals surface area contributed by atoms with Gasteiger partial charge in [0.05, 0.1) is 0 Å². The second-order valence-corrected chi connectivity index (χ2v) is 3.84. The number of nitrogens with zero attached hydrogens (tertiary/aromatic N) is 3. The van der Waals surface area contributed by atoms with Gasteiger partial charge in [0.1, 0.15) is 5.84 Å². The van der Waals surface area contributed by atoms with Gasteiger partial charge in [-0.15, -0.1) is 0 Å². The van der Waals surface area contributed by atoms with Crippen molar-refractivity contribution in [1.29, 1.82) is 0 Å². The summed E-state index contributed by atoms with van der Waals surface area (Å²) in [5.41, 5.74) is 5.38. The Hall–Kier alpha value is -0.810. The van der Waals surface area contributed by atoms with Crippen LogP contribution in [-0.4, -0.2) is 60.6 Å². The predicted octanol–water partition coefficient (Wildman–Crippen LogP) is -0.240. The summed E-state index contributed by atoms with van der Waals surface area (Å²) in [7, 11) is 2.15. The Kier molecular flexibility index (Phi) is 4.69. The van der Waals surface area contributed by atoms with Gasteiger partial charge >= 0.3 is 0 Å². The molecule has 82 valence electrons. The van der Waals surface area contributed by atoms with Crippen molar-refractivity contribution >= 4 is 5.84 Å². The smallest absolute Gasteiger partial charge is 0.139 e. The molecule has 0 spiro atoms. The van der Waals surface area contributed by atoms with E-state index in [1.54, 1.807) is 0 Å². The average molecular weight is 200 g/mol. The lowest BCUT2D eigenvalue weighted by Crippen LogP contribution is -2.44. The van der Waals surface area contributed by atoms with E-state index >= 15 is 0 Å². The van der Waals surface area contributed by atoms with Gasteiger partial charge in [-0.25, -0.2) is 0 Å². The van der Waals surface area contributed by atoms with Gasteiger partial charge < -0.3 is 20.7 Å². The Labute approximate surface area is 85.2 Å². The maximum absolute atomic E-state index is 8.35. The second-order valence-electron chi connectivity index (χ2n) is 3.84. The number of likely N-dealkylation sites (N-methyl/N-ethyl adjacent to an activating group) is 1. The molecular weight excluding hydrogens is 180 g/mol. The summed E-state index contributed by atoms with van der Waals surface area (Å²) < 4.78 is 0. The molecule has 0 aliphatic carbocycles. The van der Waals surface area contributed by atoms with Crippen LogP contribution in [0.25, 0.3) is 0 Å². The Morgan fingerprint density at radius 2 is 2.00 bits per heavy atom. The summed E-state index contributed by atoms with van der Waals surface area (Å²) in [6.45, 7) is 5.59. The third-order valence-electron chi connectivity index (χ3n) is 2.63. The van der Waals surface area contributed by atoms with E-state index < -0.39 is 0 Å². The maximum Gasteiger partial charge on any atom is 0.139 e. The maximum atomic E-state index is 8.35. The van der Waals surface area contributed by atoms with Crippen LogP contribution in [0.15, 0.2) is 5.16 Å². The van der Waals surface area contributed by atoms with E-state index in [0.29, 0.717) is 12.3 Å². The van der Waals surface area contributed by atoms with Crippen LogP contribution in [0.3, 0.4) is 0 Å². The van der Waals surface area contributed by atoms with Crippen LogP contribution in [0.2, 0.25) is 0 Å². The van der Waals surface area contributed by atoms with Gasteiger partial charge in [0.2, 0.25) is 0 Å². The van der Waals surface area contributed by atoms with Crippen molar-refractivity contribution in [3.8, 4) is 0 Å². The minimum Gasteiger partial charge on any atom is -0.409 e. The average Bonchev–Trinajstić information content (AvgIpc) is 2.21. The van der Waals surface area contributed by atoms with Gasteiger partial charge in [-0.2, -0.15) is 0 Å². The van der Waals surface area contributed by atoms with Crippen LogP contribution in [0.4, 0.5) is 0 Å². The molecule has 14 heavy (non-hydrogen) atoms. The summed E-state index contributed by atoms with van der Waals surface area (Å²) in [5.74, 6) is 0.333. The molecule has 0 aromatic rings. The van der Waals surface area contributed by atoms with Gasteiger partial charge in [0, 0.05) is 32.6 Å². The Bertz CT molecular complexity index is 187. The molecule has 0 bridgehead atoms. The molecule has 0 aromatic carbocycles. The van der Waals surface area contributed by atoms with Crippen molar-refractivity contribution in [2.75, 3.05) is 39.8 Å². The number of rotatable bonds is 4. The van der Waals surface area contributed by atoms with Crippen LogP contribution in [0, 0.1) is 0 Å². The fraction of sp³-hybridized carbons (Fsp3) is 0.889. The van der Waals surface area contributed by atoms with Crippen molar-refractivity contribution in [1.82, 2.24) is 9.80 Å². The first-order valence-electron chi connectivity index (χ1n) is 5.09. The highest BCUT2D eigenvalue weighted by molar-refractivity contribution is 5.79. The van der Waals surface area contributed by atoms with Crippen LogP contribution in [0.5, 0.6) is 0 Å². The van der Waals surface area contributed by atoms with E-state index in [1.165, 1.54) is 0 Å². The molecule has 1 rings (SSSR count). The quantitative estimate of drug-likeness (QED) is 0.284. The standard InChI is InChI=1S/C9H20N4O/c1-12-5-7-13(8-6-12)4-2-3-9(10)11-14/h14H,2-8H2,1H3,(H2,10,11).